The highest BCUT2D eigenvalue weighted by atomic mass is 35.5. The number of halogens is 1. The van der Waals surface area contributed by atoms with Crippen LogP contribution >= 0.6 is 22.9 Å². The molecule has 0 saturated carbocycles. The van der Waals surface area contributed by atoms with E-state index in [0.717, 1.165) is 26.9 Å². The Kier molecular flexibility index (Phi) is 8.85. The molecule has 1 fully saturated rings. The molecule has 2 amide bonds. The maximum absolute atomic E-state index is 13.8. The third kappa shape index (κ3) is 6.86. The van der Waals surface area contributed by atoms with Crippen LogP contribution in [0.3, 0.4) is 0 Å². The predicted molar refractivity (Wildman–Crippen MR) is 166 cm³/mol. The van der Waals surface area contributed by atoms with Crippen LogP contribution in [0.5, 0.6) is 0 Å². The topological polar surface area (TPSA) is 118 Å². The van der Waals surface area contributed by atoms with E-state index < -0.39 is 0 Å². The smallest absolute Gasteiger partial charge is 0.265 e. The Morgan fingerprint density at radius 3 is 2.54 bits per heavy atom. The maximum Gasteiger partial charge on any atom is 0.265 e. The lowest BCUT2D eigenvalue weighted by Crippen LogP contribution is -2.60. The molecule has 1 aromatic heterocycles. The summed E-state index contributed by atoms with van der Waals surface area (Å²) in [6.45, 7) is 3.34. The van der Waals surface area contributed by atoms with Gasteiger partial charge in [0.15, 0.2) is 5.96 Å². The van der Waals surface area contributed by atoms with Crippen molar-refractivity contribution in [2.24, 2.45) is 16.5 Å². The summed E-state index contributed by atoms with van der Waals surface area (Å²) < 4.78 is 0. The monoisotopic (exact) mass is 588 g/mol. The number of piperazine rings is 1. The number of nitrogens with two attached hydrogens (primary N) is 2. The number of fused-ring (bicyclic) bond motifs is 1. The van der Waals surface area contributed by atoms with Gasteiger partial charge in [-0.25, -0.2) is 4.98 Å². The standard InChI is InChI=1S/C31H33ClN6O2S/c1-20-18-38(30(40)27-17-36-29(41-27)23-10-12-25(32)13-11-23)26(7-4-14-35-31(33)34)19-37(20)28(39)16-21-8-9-22-5-2-3-6-24(22)15-21/h2-3,5-6,8-13,15,17,20,26H,4,7,14,16,18-19H2,1H3,(H4,33,34,35). The number of nitrogens with zero attached hydrogens (tertiary/aromatic N) is 4. The van der Waals surface area contributed by atoms with E-state index in [1.54, 1.807) is 6.20 Å². The minimum absolute atomic E-state index is 0.0433. The molecule has 3 aromatic carbocycles. The zero-order valence-corrected chi connectivity index (χ0v) is 24.4. The van der Waals surface area contributed by atoms with Gasteiger partial charge in [0.05, 0.1) is 12.6 Å². The summed E-state index contributed by atoms with van der Waals surface area (Å²) in [5.74, 6) is 0.0155. The molecule has 41 heavy (non-hydrogen) atoms. The molecule has 10 heteroatoms. The molecule has 0 radical (unpaired) electrons. The number of guanidine groups is 1. The lowest BCUT2D eigenvalue weighted by Gasteiger charge is -2.45. The number of carbonyl (C=O) groups is 2. The van der Waals surface area contributed by atoms with Crippen LogP contribution in [0.4, 0.5) is 0 Å². The Morgan fingerprint density at radius 2 is 1.78 bits per heavy atom. The van der Waals surface area contributed by atoms with Crippen molar-refractivity contribution < 1.29 is 9.59 Å². The second-order valence-corrected chi connectivity index (χ2v) is 11.8. The third-order valence-electron chi connectivity index (χ3n) is 7.39. The van der Waals surface area contributed by atoms with E-state index in [-0.39, 0.29) is 29.9 Å². The summed E-state index contributed by atoms with van der Waals surface area (Å²) in [5.41, 5.74) is 12.9. The number of hydrogen-bond acceptors (Lipinski definition) is 5. The minimum atomic E-state index is -0.172. The Bertz CT molecular complexity index is 1570. The van der Waals surface area contributed by atoms with Gasteiger partial charge in [-0.05, 0) is 48.2 Å². The Labute approximate surface area is 248 Å². The molecule has 0 aliphatic carbocycles. The normalized spacial score (nSPS) is 17.0. The molecule has 1 saturated heterocycles. The fourth-order valence-electron chi connectivity index (χ4n) is 5.28. The fraction of sp³-hybridized carbons (Fsp3) is 0.290. The van der Waals surface area contributed by atoms with Crippen molar-refractivity contribution in [1.82, 2.24) is 14.8 Å². The molecule has 2 heterocycles. The first-order chi connectivity index (χ1) is 19.8. The molecule has 5 rings (SSSR count). The van der Waals surface area contributed by atoms with Gasteiger partial charge in [-0.2, -0.15) is 0 Å². The van der Waals surface area contributed by atoms with Gasteiger partial charge in [0.25, 0.3) is 5.91 Å². The van der Waals surface area contributed by atoms with E-state index in [9.17, 15) is 9.59 Å². The third-order valence-corrected chi connectivity index (χ3v) is 8.68. The fourth-order valence-corrected chi connectivity index (χ4v) is 6.29. The highest BCUT2D eigenvalue weighted by Gasteiger charge is 2.37. The number of thiazole rings is 1. The molecule has 0 spiro atoms. The Morgan fingerprint density at radius 1 is 1.02 bits per heavy atom. The zero-order valence-electron chi connectivity index (χ0n) is 22.9. The first-order valence-electron chi connectivity index (χ1n) is 13.6. The van der Waals surface area contributed by atoms with Crippen LogP contribution in [0, 0.1) is 0 Å². The van der Waals surface area contributed by atoms with Crippen LogP contribution in [-0.4, -0.2) is 64.3 Å². The Hall–Kier alpha value is -3.95. The van der Waals surface area contributed by atoms with E-state index in [4.69, 9.17) is 23.1 Å². The Balaban J connectivity index is 1.33. The molecule has 4 N–H and O–H groups in total. The van der Waals surface area contributed by atoms with E-state index in [0.29, 0.717) is 48.8 Å². The van der Waals surface area contributed by atoms with Gasteiger partial charge in [0.1, 0.15) is 9.88 Å². The van der Waals surface area contributed by atoms with Crippen LogP contribution in [-0.2, 0) is 11.2 Å². The lowest BCUT2D eigenvalue weighted by atomic mass is 10.00. The van der Waals surface area contributed by atoms with Gasteiger partial charge in [0.2, 0.25) is 5.91 Å². The highest BCUT2D eigenvalue weighted by Crippen LogP contribution is 2.29. The quantitative estimate of drug-likeness (QED) is 0.171. The van der Waals surface area contributed by atoms with Crippen molar-refractivity contribution in [2.75, 3.05) is 19.6 Å². The molecular weight excluding hydrogens is 556 g/mol. The number of hydrogen-bond donors (Lipinski definition) is 2. The number of amides is 2. The van der Waals surface area contributed by atoms with Gasteiger partial charge in [0, 0.05) is 42.3 Å². The molecule has 8 nitrogen and oxygen atoms in total. The maximum atomic E-state index is 13.8. The van der Waals surface area contributed by atoms with Gasteiger partial charge in [-0.1, -0.05) is 66.2 Å². The van der Waals surface area contributed by atoms with E-state index in [2.05, 4.69) is 34.2 Å². The van der Waals surface area contributed by atoms with Crippen molar-refractivity contribution in [3.8, 4) is 10.6 Å². The van der Waals surface area contributed by atoms with Gasteiger partial charge < -0.3 is 21.3 Å². The number of aliphatic imine (C=N–C) groups is 1. The summed E-state index contributed by atoms with van der Waals surface area (Å²) >= 11 is 7.39. The molecule has 2 unspecified atom stereocenters. The van der Waals surface area contributed by atoms with Crippen LogP contribution in [0.2, 0.25) is 5.02 Å². The molecule has 2 atom stereocenters. The molecule has 1 aliphatic heterocycles. The first kappa shape index (κ1) is 28.6. The van der Waals surface area contributed by atoms with Crippen molar-refractivity contribution >= 4 is 51.5 Å². The number of aromatic nitrogens is 1. The van der Waals surface area contributed by atoms with E-state index in [1.807, 2.05) is 59.2 Å². The van der Waals surface area contributed by atoms with Gasteiger partial charge in [-0.15, -0.1) is 11.3 Å². The van der Waals surface area contributed by atoms with E-state index >= 15 is 0 Å². The average molecular weight is 589 g/mol. The van der Waals surface area contributed by atoms with E-state index in [1.165, 1.54) is 11.3 Å². The molecule has 1 aliphatic rings. The first-order valence-corrected chi connectivity index (χ1v) is 14.8. The number of benzene rings is 3. The summed E-state index contributed by atoms with van der Waals surface area (Å²) in [5, 5.41) is 3.66. The highest BCUT2D eigenvalue weighted by molar-refractivity contribution is 7.16. The lowest BCUT2D eigenvalue weighted by molar-refractivity contribution is -0.136. The number of carbonyl (C=O) groups excluding carboxylic acids is 2. The molecule has 0 bridgehead atoms. The molecular formula is C31H33ClN6O2S. The molecule has 4 aromatic rings. The molecule has 212 valence electrons. The summed E-state index contributed by atoms with van der Waals surface area (Å²) in [6.07, 6.45) is 3.29. The minimum Gasteiger partial charge on any atom is -0.370 e. The SMILES string of the molecule is CC1CN(C(=O)c2cnc(-c3ccc(Cl)cc3)s2)C(CCCN=C(N)N)CN1C(=O)Cc1ccc2ccccc2c1. The van der Waals surface area contributed by atoms with Gasteiger partial charge >= 0.3 is 0 Å². The van der Waals surface area contributed by atoms with Crippen molar-refractivity contribution in [1.29, 1.82) is 0 Å². The average Bonchev–Trinajstić information content (AvgIpc) is 3.46. The van der Waals surface area contributed by atoms with Crippen LogP contribution in [0.1, 0.15) is 35.0 Å². The second-order valence-electron chi connectivity index (χ2n) is 10.4. The summed E-state index contributed by atoms with van der Waals surface area (Å²) in [6, 6.07) is 21.4. The van der Waals surface area contributed by atoms with Crippen LogP contribution in [0.25, 0.3) is 21.3 Å². The van der Waals surface area contributed by atoms with Crippen molar-refractivity contribution in [2.45, 2.75) is 38.3 Å². The second kappa shape index (κ2) is 12.7. The zero-order chi connectivity index (χ0) is 28.9. The van der Waals surface area contributed by atoms with Crippen LogP contribution < -0.4 is 11.5 Å². The van der Waals surface area contributed by atoms with Gasteiger partial charge in [-0.3, -0.25) is 14.6 Å². The largest absolute Gasteiger partial charge is 0.370 e. The van der Waals surface area contributed by atoms with Crippen molar-refractivity contribution in [3.63, 3.8) is 0 Å². The summed E-state index contributed by atoms with van der Waals surface area (Å²) in [4.78, 5) is 40.3. The predicted octanol–water partition coefficient (Wildman–Crippen LogP) is 4.95. The summed E-state index contributed by atoms with van der Waals surface area (Å²) in [7, 11) is 0. The van der Waals surface area contributed by atoms with Crippen molar-refractivity contribution in [3.05, 3.63) is 88.4 Å². The van der Waals surface area contributed by atoms with Crippen LogP contribution in [0.15, 0.2) is 77.9 Å². The number of rotatable bonds is 8.